The van der Waals surface area contributed by atoms with Gasteiger partial charge in [-0.2, -0.15) is 10.5 Å². The topological polar surface area (TPSA) is 99.4 Å². The van der Waals surface area contributed by atoms with Gasteiger partial charge in [0.1, 0.15) is 11.2 Å². The van der Waals surface area contributed by atoms with Gasteiger partial charge in [-0.05, 0) is 69.8 Å². The van der Waals surface area contributed by atoms with Crippen molar-refractivity contribution in [3.63, 3.8) is 0 Å². The Labute approximate surface area is 310 Å². The molecule has 0 aliphatic heterocycles. The molecule has 0 N–H and O–H groups in total. The Hall–Kier alpha value is -7.67. The third kappa shape index (κ3) is 4.68. The Balaban J connectivity index is 1.23. The predicted molar refractivity (Wildman–Crippen MR) is 210 cm³/mol. The van der Waals surface area contributed by atoms with Crippen molar-refractivity contribution in [2.75, 3.05) is 0 Å². The molecular weight excluding hydrogens is 663 g/mol. The summed E-state index contributed by atoms with van der Waals surface area (Å²) >= 11 is 0. The summed E-state index contributed by atoms with van der Waals surface area (Å²) in [5.74, 6) is 1.77. The van der Waals surface area contributed by atoms with E-state index >= 15 is 0 Å². The molecule has 7 aromatic carbocycles. The van der Waals surface area contributed by atoms with Crippen molar-refractivity contribution in [1.29, 1.82) is 10.5 Å². The van der Waals surface area contributed by atoms with Gasteiger partial charge in [0.25, 0.3) is 0 Å². The van der Waals surface area contributed by atoms with Crippen LogP contribution in [0.5, 0.6) is 0 Å². The maximum Gasteiger partial charge on any atom is 0.164 e. The fourth-order valence-electron chi connectivity index (χ4n) is 8.10. The number of hydrogen-bond acceptors (Lipinski definition) is 6. The Morgan fingerprint density at radius 3 is 1.59 bits per heavy atom. The molecule has 1 atom stereocenters. The Bertz CT molecular complexity index is 2940. The Morgan fingerprint density at radius 1 is 0.463 bits per heavy atom. The zero-order chi connectivity index (χ0) is 36.2. The number of nitriles is 2. The van der Waals surface area contributed by atoms with Crippen molar-refractivity contribution in [3.8, 4) is 57.4 Å². The lowest BCUT2D eigenvalue weighted by atomic mass is 9.67. The van der Waals surface area contributed by atoms with Gasteiger partial charge >= 0.3 is 0 Å². The summed E-state index contributed by atoms with van der Waals surface area (Å²) in [5.41, 5.74) is 10.7. The molecule has 1 unspecified atom stereocenters. The highest BCUT2D eigenvalue weighted by molar-refractivity contribution is 6.15. The van der Waals surface area contributed by atoms with Crippen LogP contribution in [0, 0.1) is 22.7 Å². The molecule has 0 saturated heterocycles. The largest absolute Gasteiger partial charge is 0.456 e. The van der Waals surface area contributed by atoms with Gasteiger partial charge in [-0.25, -0.2) is 15.0 Å². The molecule has 0 fully saturated rings. The normalized spacial score (nSPS) is 14.3. The van der Waals surface area contributed by atoms with E-state index < -0.39 is 5.41 Å². The first-order valence-corrected chi connectivity index (χ1v) is 17.6. The van der Waals surface area contributed by atoms with E-state index in [1.165, 1.54) is 0 Å². The molecule has 54 heavy (non-hydrogen) atoms. The molecule has 1 aliphatic carbocycles. The summed E-state index contributed by atoms with van der Waals surface area (Å²) in [6.45, 7) is 0. The van der Waals surface area contributed by atoms with E-state index in [0.29, 0.717) is 28.6 Å². The minimum absolute atomic E-state index is 0.565. The first-order chi connectivity index (χ1) is 26.6. The number of fused-ring (bicyclic) bond motifs is 7. The first-order valence-electron chi connectivity index (χ1n) is 17.6. The summed E-state index contributed by atoms with van der Waals surface area (Å²) in [4.78, 5) is 14.8. The van der Waals surface area contributed by atoms with Crippen LogP contribution in [0.15, 0.2) is 168 Å². The van der Waals surface area contributed by atoms with Gasteiger partial charge in [-0.1, -0.05) is 127 Å². The van der Waals surface area contributed by atoms with E-state index in [-0.39, 0.29) is 0 Å². The zero-order valence-corrected chi connectivity index (χ0v) is 28.7. The second-order valence-electron chi connectivity index (χ2n) is 13.4. The van der Waals surface area contributed by atoms with Crippen LogP contribution in [0.1, 0.15) is 33.4 Å². The van der Waals surface area contributed by atoms with E-state index in [2.05, 4.69) is 72.8 Å². The molecule has 250 valence electrons. The molecule has 9 aromatic rings. The number of aromatic nitrogens is 3. The van der Waals surface area contributed by atoms with Crippen LogP contribution < -0.4 is 0 Å². The van der Waals surface area contributed by atoms with Gasteiger partial charge in [0.15, 0.2) is 17.5 Å². The van der Waals surface area contributed by atoms with E-state index in [1.807, 2.05) is 97.1 Å². The van der Waals surface area contributed by atoms with Crippen molar-refractivity contribution in [3.05, 3.63) is 197 Å². The van der Waals surface area contributed by atoms with Crippen molar-refractivity contribution in [1.82, 2.24) is 15.0 Å². The minimum Gasteiger partial charge on any atom is -0.456 e. The van der Waals surface area contributed by atoms with Crippen molar-refractivity contribution >= 4 is 21.9 Å². The van der Waals surface area contributed by atoms with Crippen LogP contribution in [0.3, 0.4) is 0 Å². The Morgan fingerprint density at radius 2 is 0.981 bits per heavy atom. The molecular formula is C48H27N5O. The smallest absolute Gasteiger partial charge is 0.164 e. The first kappa shape index (κ1) is 31.1. The maximum atomic E-state index is 10.2. The molecule has 0 spiro atoms. The SMILES string of the molecule is N#Cc1ccc2c(c1)C(c1ccccc1)(c1ccc(-c3nc(-c4ccccc4)nc(-c4ccccc4)n3)cc1)c1ccc3oc4ccc(C#N)cc4c3c1-2. The molecule has 6 nitrogen and oxygen atoms in total. The molecule has 0 radical (unpaired) electrons. The molecule has 10 rings (SSSR count). The average molecular weight is 690 g/mol. The lowest BCUT2D eigenvalue weighted by molar-refractivity contribution is 0.668. The third-order valence-corrected chi connectivity index (χ3v) is 10.5. The molecule has 0 saturated carbocycles. The summed E-state index contributed by atoms with van der Waals surface area (Å²) in [6, 6.07) is 59.2. The number of rotatable bonds is 5. The monoisotopic (exact) mass is 689 g/mol. The summed E-state index contributed by atoms with van der Waals surface area (Å²) in [5, 5.41) is 21.8. The van der Waals surface area contributed by atoms with Gasteiger partial charge < -0.3 is 4.42 Å². The quantitative estimate of drug-likeness (QED) is 0.178. The molecule has 0 bridgehead atoms. The minimum atomic E-state index is -0.786. The highest BCUT2D eigenvalue weighted by Gasteiger charge is 2.47. The molecule has 0 amide bonds. The summed E-state index contributed by atoms with van der Waals surface area (Å²) in [7, 11) is 0. The number of benzene rings is 7. The van der Waals surface area contributed by atoms with E-state index in [1.54, 1.807) is 6.07 Å². The Kier molecular flexibility index (Phi) is 7.05. The van der Waals surface area contributed by atoms with Crippen molar-refractivity contribution in [2.24, 2.45) is 0 Å². The van der Waals surface area contributed by atoms with Gasteiger partial charge in [0.05, 0.1) is 28.7 Å². The number of nitrogens with zero attached hydrogens (tertiary/aromatic N) is 5. The highest BCUT2D eigenvalue weighted by Crippen LogP contribution is 2.59. The number of hydrogen-bond donors (Lipinski definition) is 0. The van der Waals surface area contributed by atoms with E-state index in [9.17, 15) is 10.5 Å². The van der Waals surface area contributed by atoms with Crippen LogP contribution in [0.4, 0.5) is 0 Å². The van der Waals surface area contributed by atoms with Crippen molar-refractivity contribution < 1.29 is 4.42 Å². The maximum absolute atomic E-state index is 10.2. The van der Waals surface area contributed by atoms with Crippen molar-refractivity contribution in [2.45, 2.75) is 5.41 Å². The molecule has 2 aromatic heterocycles. The lowest BCUT2D eigenvalue weighted by Gasteiger charge is -2.34. The van der Waals surface area contributed by atoms with Crippen LogP contribution in [-0.2, 0) is 5.41 Å². The average Bonchev–Trinajstić information content (AvgIpc) is 3.77. The standard InChI is InChI=1S/C48H27N5O/c49-28-30-17-24-41-38(26-30)44-42(54-41)25-23-39-43(44)37-22-16-31(29-50)27-40(37)48(39,35-14-8-3-9-15-35)36-20-18-34(19-21-36)47-52-45(32-10-4-1-5-11-32)51-46(53-47)33-12-6-2-7-13-33/h1-27H. The number of furan rings is 1. The van der Waals surface area contributed by atoms with Gasteiger partial charge in [0.2, 0.25) is 0 Å². The predicted octanol–water partition coefficient (Wildman–Crippen LogP) is 10.9. The summed E-state index contributed by atoms with van der Waals surface area (Å²) in [6.07, 6.45) is 0. The zero-order valence-electron chi connectivity index (χ0n) is 28.7. The van der Waals surface area contributed by atoms with Gasteiger partial charge in [-0.15, -0.1) is 0 Å². The molecule has 6 heteroatoms. The fraction of sp³-hybridized carbons (Fsp3) is 0.0208. The third-order valence-electron chi connectivity index (χ3n) is 10.5. The molecule has 2 heterocycles. The second kappa shape index (κ2) is 12.2. The van der Waals surface area contributed by atoms with Crippen LogP contribution in [0.25, 0.3) is 67.2 Å². The summed E-state index contributed by atoms with van der Waals surface area (Å²) < 4.78 is 6.38. The second-order valence-corrected chi connectivity index (χ2v) is 13.4. The molecule has 1 aliphatic rings. The van der Waals surface area contributed by atoms with Crippen LogP contribution in [-0.4, -0.2) is 15.0 Å². The fourth-order valence-corrected chi connectivity index (χ4v) is 8.10. The van der Waals surface area contributed by atoms with E-state index in [0.717, 1.165) is 72.0 Å². The lowest BCUT2D eigenvalue weighted by Crippen LogP contribution is -2.28. The van der Waals surface area contributed by atoms with Gasteiger partial charge in [0, 0.05) is 27.5 Å². The van der Waals surface area contributed by atoms with E-state index in [4.69, 9.17) is 19.4 Å². The highest BCUT2D eigenvalue weighted by atomic mass is 16.3. The van der Waals surface area contributed by atoms with Crippen LogP contribution in [0.2, 0.25) is 0 Å². The van der Waals surface area contributed by atoms with Crippen LogP contribution >= 0.6 is 0 Å². The van der Waals surface area contributed by atoms with Gasteiger partial charge in [-0.3, -0.25) is 0 Å².